The molecule has 268 valence electrons. The molecule has 2 fully saturated rings. The quantitative estimate of drug-likeness (QED) is 0.247. The molecule has 0 bridgehead atoms. The van der Waals surface area contributed by atoms with Crippen molar-refractivity contribution in [2.45, 2.75) is 108 Å². The fourth-order valence-electron chi connectivity index (χ4n) is 6.98. The van der Waals surface area contributed by atoms with Crippen LogP contribution < -0.4 is 21.7 Å². The molecule has 3 heterocycles. The molecule has 49 heavy (non-hydrogen) atoms. The van der Waals surface area contributed by atoms with E-state index in [4.69, 9.17) is 10.5 Å². The maximum Gasteiger partial charge on any atom is 0.290 e. The highest BCUT2D eigenvalue weighted by Crippen LogP contribution is 2.43. The molecule has 1 aromatic carbocycles. The fourth-order valence-corrected chi connectivity index (χ4v) is 6.98. The van der Waals surface area contributed by atoms with Crippen molar-refractivity contribution in [3.63, 3.8) is 0 Å². The minimum Gasteiger partial charge on any atom is -0.370 e. The minimum atomic E-state index is -1.18. The lowest BCUT2D eigenvalue weighted by Crippen LogP contribution is -2.57. The smallest absolute Gasteiger partial charge is 0.290 e. The predicted octanol–water partition coefficient (Wildman–Crippen LogP) is 1.51. The molecule has 6 atom stereocenters. The van der Waals surface area contributed by atoms with Gasteiger partial charge in [0.15, 0.2) is 0 Å². The number of hydrogen-bond donors (Lipinski definition) is 4. The van der Waals surface area contributed by atoms with Crippen molar-refractivity contribution in [1.82, 2.24) is 25.8 Å². The Bertz CT molecular complexity index is 1400. The van der Waals surface area contributed by atoms with Crippen molar-refractivity contribution >= 4 is 35.3 Å². The zero-order valence-corrected chi connectivity index (χ0v) is 29.1. The van der Waals surface area contributed by atoms with Crippen LogP contribution in [-0.4, -0.2) is 102 Å². The van der Waals surface area contributed by atoms with Crippen molar-refractivity contribution < 1.29 is 33.5 Å². The number of carbonyl (C=O) groups is 6. The molecule has 3 aliphatic heterocycles. The summed E-state index contributed by atoms with van der Waals surface area (Å²) in [5.74, 6) is -4.12. The summed E-state index contributed by atoms with van der Waals surface area (Å²) in [5.41, 5.74) is 6.42. The van der Waals surface area contributed by atoms with E-state index in [0.29, 0.717) is 24.8 Å². The number of ether oxygens (including phenoxy) is 1. The summed E-state index contributed by atoms with van der Waals surface area (Å²) < 4.78 is 6.21. The normalized spacial score (nSPS) is 26.8. The third-order valence-electron chi connectivity index (χ3n) is 9.47. The van der Waals surface area contributed by atoms with Gasteiger partial charge in [0.25, 0.3) is 5.91 Å². The summed E-state index contributed by atoms with van der Waals surface area (Å²) in [5, 5.41) is 7.80. The lowest BCUT2D eigenvalue weighted by atomic mass is 9.89. The van der Waals surface area contributed by atoms with E-state index in [9.17, 15) is 28.8 Å². The molecule has 4 rings (SSSR count). The molecule has 0 radical (unpaired) electrons. The van der Waals surface area contributed by atoms with E-state index in [1.807, 2.05) is 13.8 Å². The molecule has 5 N–H and O–H groups in total. The first-order valence-corrected chi connectivity index (χ1v) is 17.4. The highest BCUT2D eigenvalue weighted by molar-refractivity contribution is 6.38. The van der Waals surface area contributed by atoms with Crippen LogP contribution in [0.3, 0.4) is 0 Å². The highest BCUT2D eigenvalue weighted by Gasteiger charge is 2.55. The molecule has 13 heteroatoms. The van der Waals surface area contributed by atoms with E-state index in [1.165, 1.54) is 9.80 Å². The number of benzene rings is 1. The number of hydrogen-bond acceptors (Lipinski definition) is 8. The van der Waals surface area contributed by atoms with Gasteiger partial charge in [-0.05, 0) is 64.4 Å². The van der Waals surface area contributed by atoms with Crippen molar-refractivity contribution in [3.8, 4) is 0 Å². The van der Waals surface area contributed by atoms with Crippen LogP contribution in [0.5, 0.6) is 0 Å². The maximum absolute atomic E-state index is 14.0. The lowest BCUT2D eigenvalue weighted by molar-refractivity contribution is -0.144. The number of likely N-dealkylation sites (N-methyl/N-ethyl adjacent to an activating group) is 1. The van der Waals surface area contributed by atoms with Crippen LogP contribution in [0.25, 0.3) is 0 Å². The molecule has 0 aromatic heterocycles. The zero-order chi connectivity index (χ0) is 35.7. The molecule has 13 nitrogen and oxygen atoms in total. The number of fused-ring (bicyclic) bond motifs is 3. The Hall–Kier alpha value is -4.10. The lowest BCUT2D eigenvalue weighted by Gasteiger charge is -2.31. The number of rotatable bonds is 7. The first kappa shape index (κ1) is 37.7. The molecule has 0 spiro atoms. The molecule has 0 saturated carbocycles. The van der Waals surface area contributed by atoms with Crippen molar-refractivity contribution in [2.75, 3.05) is 27.2 Å². The second-order valence-corrected chi connectivity index (χ2v) is 14.1. The molecule has 1 aromatic rings. The van der Waals surface area contributed by atoms with E-state index in [1.54, 1.807) is 44.4 Å². The van der Waals surface area contributed by atoms with Gasteiger partial charge >= 0.3 is 0 Å². The van der Waals surface area contributed by atoms with Crippen LogP contribution in [0, 0.1) is 5.92 Å². The van der Waals surface area contributed by atoms with Crippen molar-refractivity contribution in [2.24, 2.45) is 11.7 Å². The number of Topliss-reactive ketones (excluding diaryl/α,β-unsaturated/α-hetero) is 1. The molecule has 0 unspecified atom stereocenters. The first-order valence-electron chi connectivity index (χ1n) is 17.4. The second kappa shape index (κ2) is 17.0. The zero-order valence-electron chi connectivity index (χ0n) is 29.1. The Morgan fingerprint density at radius 2 is 1.67 bits per heavy atom. The fraction of sp³-hybridized carbons (Fsp3) is 0.611. The summed E-state index contributed by atoms with van der Waals surface area (Å²) in [6, 6.07) is 4.85. The summed E-state index contributed by atoms with van der Waals surface area (Å²) in [7, 11) is 3.14. The summed E-state index contributed by atoms with van der Waals surface area (Å²) in [4.78, 5) is 82.9. The third-order valence-corrected chi connectivity index (χ3v) is 9.47. The van der Waals surface area contributed by atoms with Gasteiger partial charge in [-0.15, -0.1) is 0 Å². The van der Waals surface area contributed by atoms with E-state index >= 15 is 0 Å². The number of carbonyl (C=O) groups excluding carboxylic acids is 6. The van der Waals surface area contributed by atoms with Gasteiger partial charge in [-0.1, -0.05) is 55.3 Å². The summed E-state index contributed by atoms with van der Waals surface area (Å²) in [6.45, 7) is 3.55. The molecule has 3 aliphatic rings. The van der Waals surface area contributed by atoms with Crippen LogP contribution in [0.2, 0.25) is 0 Å². The summed E-state index contributed by atoms with van der Waals surface area (Å²) in [6.07, 6.45) is 9.66. The number of allylic oxidation sites excluding steroid dienone is 2. The Morgan fingerprint density at radius 3 is 2.33 bits per heavy atom. The van der Waals surface area contributed by atoms with Gasteiger partial charge in [0, 0.05) is 26.6 Å². The van der Waals surface area contributed by atoms with Crippen molar-refractivity contribution in [3.05, 3.63) is 48.0 Å². The second-order valence-electron chi connectivity index (χ2n) is 14.1. The minimum absolute atomic E-state index is 0.196. The van der Waals surface area contributed by atoms with E-state index in [-0.39, 0.29) is 36.8 Å². The van der Waals surface area contributed by atoms with E-state index < -0.39 is 59.8 Å². The van der Waals surface area contributed by atoms with Gasteiger partial charge in [-0.3, -0.25) is 28.8 Å². The standard InChI is InChI=1S/C36H52N6O7/c1-36(2)20-24-27(49-36)22-42-30(24)32(45)39-26(19-15-10-8-6-5-7-9-14-18-25(37)34(42)47)31(44)33(46)38-21-28(43)40-29(35(48)41(3)4)23-16-12-11-13-17-23/h5-6,11-13,16-17,24-27,29-30H,7-10,14-15,18-22,37H2,1-4H3,(H,38,46)(H,39,45)(H,40,43)/t24-,25-,26-,27-,29-,30-/m0/s1. The maximum atomic E-state index is 14.0. The van der Waals surface area contributed by atoms with Gasteiger partial charge in [0.2, 0.25) is 29.4 Å². The van der Waals surface area contributed by atoms with Gasteiger partial charge in [0.05, 0.1) is 30.3 Å². The monoisotopic (exact) mass is 680 g/mol. The largest absolute Gasteiger partial charge is 0.370 e. The van der Waals surface area contributed by atoms with Crippen LogP contribution in [-0.2, 0) is 33.5 Å². The predicted molar refractivity (Wildman–Crippen MR) is 183 cm³/mol. The van der Waals surface area contributed by atoms with Crippen LogP contribution in [0.4, 0.5) is 0 Å². The average Bonchev–Trinajstić information content (AvgIpc) is 3.56. The van der Waals surface area contributed by atoms with Crippen LogP contribution in [0.1, 0.15) is 83.2 Å². The average molecular weight is 681 g/mol. The number of nitrogens with zero attached hydrogens (tertiary/aromatic N) is 2. The van der Waals surface area contributed by atoms with E-state index in [2.05, 4.69) is 28.1 Å². The van der Waals surface area contributed by atoms with Gasteiger partial charge < -0.3 is 36.2 Å². The Kier molecular flexibility index (Phi) is 13.1. The van der Waals surface area contributed by atoms with Crippen molar-refractivity contribution in [1.29, 1.82) is 0 Å². The van der Waals surface area contributed by atoms with Crippen LogP contribution in [0.15, 0.2) is 42.5 Å². The third kappa shape index (κ3) is 9.98. The highest BCUT2D eigenvalue weighted by atomic mass is 16.5. The van der Waals surface area contributed by atoms with Crippen LogP contribution >= 0.6 is 0 Å². The Labute approximate surface area is 288 Å². The number of amides is 5. The van der Waals surface area contributed by atoms with E-state index in [0.717, 1.165) is 32.1 Å². The first-order chi connectivity index (χ1) is 23.3. The molecular formula is C36H52N6O7. The number of nitrogens with one attached hydrogen (secondary N) is 3. The molecule has 5 amide bonds. The molecule has 0 aliphatic carbocycles. The van der Waals surface area contributed by atoms with Gasteiger partial charge in [0.1, 0.15) is 12.1 Å². The Morgan fingerprint density at radius 1 is 1.02 bits per heavy atom. The number of ketones is 1. The van der Waals surface area contributed by atoms with Gasteiger partial charge in [-0.25, -0.2) is 0 Å². The number of nitrogens with two attached hydrogens (primary N) is 1. The topological polar surface area (TPSA) is 180 Å². The van der Waals surface area contributed by atoms with Gasteiger partial charge in [-0.2, -0.15) is 0 Å². The SMILES string of the molecule is CN(C)C(=O)[C@@H](NC(=O)CNC(=O)C(=O)[C@@H]1CCCCC=CCCCC[C@H](N)C(=O)N2C[C@@H]3OC(C)(C)C[C@@H]3[C@H]2C(=O)N1)c1ccccc1. The molecule has 2 saturated heterocycles. The molecular weight excluding hydrogens is 628 g/mol. The summed E-state index contributed by atoms with van der Waals surface area (Å²) >= 11 is 0. The Balaban J connectivity index is 1.48.